The molecule has 6 heteroatoms. The number of methoxy groups -OCH3 is 1. The molecule has 23 heavy (non-hydrogen) atoms. The van der Waals surface area contributed by atoms with Crippen LogP contribution in [-0.4, -0.2) is 36.1 Å². The molecule has 0 aliphatic carbocycles. The van der Waals surface area contributed by atoms with Gasteiger partial charge >= 0.3 is 5.97 Å². The predicted octanol–water partition coefficient (Wildman–Crippen LogP) is 2.59. The van der Waals surface area contributed by atoms with Crippen molar-refractivity contribution < 1.29 is 13.9 Å². The van der Waals surface area contributed by atoms with Crippen LogP contribution in [-0.2, 0) is 9.53 Å². The molecular formula is C17H16FN3O2. The quantitative estimate of drug-likeness (QED) is 0.815. The highest BCUT2D eigenvalue weighted by Crippen LogP contribution is 2.21. The van der Waals surface area contributed by atoms with Crippen LogP contribution in [0, 0.1) is 5.82 Å². The fourth-order valence-corrected chi connectivity index (χ4v) is 2.44. The minimum Gasteiger partial charge on any atom is -0.466 e. The second-order valence-electron chi connectivity index (χ2n) is 5.20. The zero-order chi connectivity index (χ0) is 16.2. The number of nitrogens with zero attached hydrogens (tertiary/aromatic N) is 3. The van der Waals surface area contributed by atoms with Crippen LogP contribution in [0.2, 0.25) is 0 Å². The number of hydrogen-bond acceptors (Lipinski definition) is 5. The molecule has 1 aliphatic heterocycles. The van der Waals surface area contributed by atoms with Gasteiger partial charge in [-0.2, -0.15) is 0 Å². The van der Waals surface area contributed by atoms with Gasteiger partial charge in [-0.25, -0.2) is 19.2 Å². The molecule has 2 aromatic rings. The number of anilines is 1. The highest BCUT2D eigenvalue weighted by molar-refractivity contribution is 5.88. The molecule has 0 radical (unpaired) electrons. The first-order valence-electron chi connectivity index (χ1n) is 7.27. The van der Waals surface area contributed by atoms with Gasteiger partial charge in [0.25, 0.3) is 0 Å². The summed E-state index contributed by atoms with van der Waals surface area (Å²) in [5.41, 5.74) is 2.38. The van der Waals surface area contributed by atoms with E-state index in [0.717, 1.165) is 11.1 Å². The topological polar surface area (TPSA) is 55.3 Å². The molecule has 0 bridgehead atoms. The number of ether oxygens (including phenoxy) is 1. The van der Waals surface area contributed by atoms with E-state index < -0.39 is 0 Å². The molecule has 0 atom stereocenters. The number of carbonyl (C=O) groups excluding carboxylic acids is 1. The number of carbonyl (C=O) groups is 1. The third kappa shape index (κ3) is 3.36. The van der Waals surface area contributed by atoms with Gasteiger partial charge in [-0.05, 0) is 24.1 Å². The Morgan fingerprint density at radius 1 is 1.17 bits per heavy atom. The Bertz CT molecular complexity index is 727. The molecule has 2 heterocycles. The zero-order valence-electron chi connectivity index (χ0n) is 12.7. The summed E-state index contributed by atoms with van der Waals surface area (Å²) in [6.45, 7) is 1.23. The maximum atomic E-state index is 12.9. The van der Waals surface area contributed by atoms with Gasteiger partial charge in [-0.3, -0.25) is 0 Å². The highest BCUT2D eigenvalue weighted by Gasteiger charge is 2.18. The van der Waals surface area contributed by atoms with Crippen LogP contribution in [0.25, 0.3) is 11.1 Å². The van der Waals surface area contributed by atoms with Gasteiger partial charge in [0.15, 0.2) is 0 Å². The first-order valence-corrected chi connectivity index (χ1v) is 7.27. The van der Waals surface area contributed by atoms with Crippen molar-refractivity contribution in [3.8, 4) is 11.1 Å². The number of esters is 1. The number of aromatic nitrogens is 2. The molecule has 0 unspecified atom stereocenters. The monoisotopic (exact) mass is 313 g/mol. The van der Waals surface area contributed by atoms with Crippen LogP contribution in [0.15, 0.2) is 48.3 Å². The minimum atomic E-state index is -0.280. The Labute approximate surface area is 133 Å². The summed E-state index contributed by atoms with van der Waals surface area (Å²) in [7, 11) is 1.38. The van der Waals surface area contributed by atoms with Crippen molar-refractivity contribution in [2.45, 2.75) is 6.42 Å². The lowest BCUT2D eigenvalue weighted by Gasteiger charge is -2.25. The van der Waals surface area contributed by atoms with E-state index in [-0.39, 0.29) is 11.8 Å². The maximum Gasteiger partial charge on any atom is 0.333 e. The van der Waals surface area contributed by atoms with Crippen molar-refractivity contribution in [2.24, 2.45) is 0 Å². The first-order chi connectivity index (χ1) is 11.2. The molecule has 1 aromatic heterocycles. The SMILES string of the molecule is COC(=O)C1=CCN(c2ncc(-c3ccc(F)cc3)cn2)CC1. The Kier molecular flexibility index (Phi) is 4.32. The molecule has 118 valence electrons. The molecule has 5 nitrogen and oxygen atoms in total. The third-order valence-corrected chi connectivity index (χ3v) is 3.76. The molecule has 0 fully saturated rings. The van der Waals surface area contributed by atoms with Gasteiger partial charge in [0.1, 0.15) is 5.82 Å². The molecule has 1 aliphatic rings. The Morgan fingerprint density at radius 3 is 2.43 bits per heavy atom. The second kappa shape index (κ2) is 6.56. The smallest absolute Gasteiger partial charge is 0.333 e. The van der Waals surface area contributed by atoms with E-state index in [0.29, 0.717) is 31.0 Å². The third-order valence-electron chi connectivity index (χ3n) is 3.76. The summed E-state index contributed by atoms with van der Waals surface area (Å²) >= 11 is 0. The molecule has 0 spiro atoms. The molecular weight excluding hydrogens is 297 g/mol. The van der Waals surface area contributed by atoms with E-state index in [4.69, 9.17) is 4.74 Å². The molecule has 3 rings (SSSR count). The van der Waals surface area contributed by atoms with Crippen molar-refractivity contribution >= 4 is 11.9 Å². The number of rotatable bonds is 3. The van der Waals surface area contributed by atoms with Crippen molar-refractivity contribution in [2.75, 3.05) is 25.1 Å². The van der Waals surface area contributed by atoms with Crippen LogP contribution in [0.1, 0.15) is 6.42 Å². The molecule has 0 N–H and O–H groups in total. The van der Waals surface area contributed by atoms with Crippen molar-refractivity contribution in [1.29, 1.82) is 0 Å². The van der Waals surface area contributed by atoms with Crippen molar-refractivity contribution in [3.05, 3.63) is 54.1 Å². The fraction of sp³-hybridized carbons (Fsp3) is 0.235. The van der Waals surface area contributed by atoms with Crippen LogP contribution in [0.5, 0.6) is 0 Å². The van der Waals surface area contributed by atoms with Crippen LogP contribution >= 0.6 is 0 Å². The van der Waals surface area contributed by atoms with Gasteiger partial charge in [0.2, 0.25) is 5.95 Å². The van der Waals surface area contributed by atoms with Gasteiger partial charge in [0, 0.05) is 36.6 Å². The van der Waals surface area contributed by atoms with Gasteiger partial charge in [0.05, 0.1) is 7.11 Å². The lowest BCUT2D eigenvalue weighted by Crippen LogP contribution is -2.31. The second-order valence-corrected chi connectivity index (χ2v) is 5.20. The normalized spacial score (nSPS) is 14.3. The highest BCUT2D eigenvalue weighted by atomic mass is 19.1. The predicted molar refractivity (Wildman–Crippen MR) is 84.4 cm³/mol. The van der Waals surface area contributed by atoms with Crippen LogP contribution in [0.4, 0.5) is 10.3 Å². The zero-order valence-corrected chi connectivity index (χ0v) is 12.7. The van der Waals surface area contributed by atoms with E-state index in [1.165, 1.54) is 19.2 Å². The van der Waals surface area contributed by atoms with Crippen molar-refractivity contribution in [3.63, 3.8) is 0 Å². The number of benzene rings is 1. The van der Waals surface area contributed by atoms with Gasteiger partial charge < -0.3 is 9.64 Å². The summed E-state index contributed by atoms with van der Waals surface area (Å²) < 4.78 is 17.7. The summed E-state index contributed by atoms with van der Waals surface area (Å²) in [6, 6.07) is 6.21. The molecule has 0 amide bonds. The van der Waals surface area contributed by atoms with E-state index in [1.807, 2.05) is 11.0 Å². The number of halogens is 1. The Hall–Kier alpha value is -2.76. The average molecular weight is 313 g/mol. The molecule has 0 saturated carbocycles. The lowest BCUT2D eigenvalue weighted by molar-refractivity contribution is -0.136. The number of hydrogen-bond donors (Lipinski definition) is 0. The van der Waals surface area contributed by atoms with E-state index in [2.05, 4.69) is 9.97 Å². The standard InChI is InChI=1S/C17H16FN3O2/c1-23-16(22)13-6-8-21(9-7-13)17-19-10-14(11-20-17)12-2-4-15(18)5-3-12/h2-6,10-11H,7-9H2,1H3. The van der Waals surface area contributed by atoms with E-state index in [9.17, 15) is 9.18 Å². The Balaban J connectivity index is 1.72. The van der Waals surface area contributed by atoms with Gasteiger partial charge in [-0.15, -0.1) is 0 Å². The average Bonchev–Trinajstić information content (AvgIpc) is 2.62. The summed E-state index contributed by atoms with van der Waals surface area (Å²) in [6.07, 6.45) is 5.88. The van der Waals surface area contributed by atoms with Crippen molar-refractivity contribution in [1.82, 2.24) is 9.97 Å². The minimum absolute atomic E-state index is 0.271. The summed E-state index contributed by atoms with van der Waals surface area (Å²) in [4.78, 5) is 22.2. The lowest BCUT2D eigenvalue weighted by atomic mass is 10.1. The van der Waals surface area contributed by atoms with Crippen LogP contribution < -0.4 is 4.90 Å². The maximum absolute atomic E-state index is 12.9. The summed E-state index contributed by atoms with van der Waals surface area (Å²) in [5, 5.41) is 0. The first kappa shape index (κ1) is 15.1. The van der Waals surface area contributed by atoms with E-state index >= 15 is 0 Å². The Morgan fingerprint density at radius 2 is 1.87 bits per heavy atom. The van der Waals surface area contributed by atoms with Crippen LogP contribution in [0.3, 0.4) is 0 Å². The van der Waals surface area contributed by atoms with Gasteiger partial charge in [-0.1, -0.05) is 18.2 Å². The molecule has 0 saturated heterocycles. The summed E-state index contributed by atoms with van der Waals surface area (Å²) in [5.74, 6) is 0.0565. The molecule has 1 aromatic carbocycles. The fourth-order valence-electron chi connectivity index (χ4n) is 2.44. The largest absolute Gasteiger partial charge is 0.466 e. The van der Waals surface area contributed by atoms with E-state index in [1.54, 1.807) is 24.5 Å².